The molecule has 2 aromatic heterocycles. The molecule has 5 heteroatoms. The molecule has 1 aromatic carbocycles. The summed E-state index contributed by atoms with van der Waals surface area (Å²) in [7, 11) is 0. The third-order valence-electron chi connectivity index (χ3n) is 5.05. The normalized spacial score (nSPS) is 16.6. The summed E-state index contributed by atoms with van der Waals surface area (Å²) in [5.41, 5.74) is 3.72. The summed E-state index contributed by atoms with van der Waals surface area (Å²) >= 11 is 0. The molecule has 0 amide bonds. The van der Waals surface area contributed by atoms with Gasteiger partial charge in [0.1, 0.15) is 5.69 Å². The van der Waals surface area contributed by atoms with Gasteiger partial charge in [0.2, 0.25) is 11.7 Å². The van der Waals surface area contributed by atoms with Crippen molar-refractivity contribution in [3.8, 4) is 11.5 Å². The van der Waals surface area contributed by atoms with E-state index in [1.54, 1.807) is 6.20 Å². The molecule has 0 N–H and O–H groups in total. The quantitative estimate of drug-likeness (QED) is 0.676. The van der Waals surface area contributed by atoms with E-state index in [-0.39, 0.29) is 0 Å². The molecular weight excluding hydrogens is 324 g/mol. The van der Waals surface area contributed by atoms with Gasteiger partial charge in [0, 0.05) is 12.2 Å². The molecule has 5 nitrogen and oxygen atoms in total. The molecule has 0 spiro atoms. The molecule has 0 aliphatic heterocycles. The summed E-state index contributed by atoms with van der Waals surface area (Å²) in [5, 5.41) is 4.11. The number of aromatic nitrogens is 3. The topological polar surface area (TPSA) is 55.1 Å². The van der Waals surface area contributed by atoms with Gasteiger partial charge in [-0.05, 0) is 55.5 Å². The van der Waals surface area contributed by atoms with Gasteiger partial charge < -0.3 is 4.52 Å². The Bertz CT molecular complexity index is 846. The smallest absolute Gasteiger partial charge is 0.241 e. The van der Waals surface area contributed by atoms with E-state index >= 15 is 0 Å². The van der Waals surface area contributed by atoms with Crippen molar-refractivity contribution in [1.29, 1.82) is 0 Å². The Morgan fingerprint density at radius 3 is 2.77 bits per heavy atom. The van der Waals surface area contributed by atoms with Gasteiger partial charge in [-0.15, -0.1) is 0 Å². The van der Waals surface area contributed by atoms with E-state index in [4.69, 9.17) is 4.52 Å². The van der Waals surface area contributed by atoms with Crippen LogP contribution >= 0.6 is 0 Å². The first kappa shape index (κ1) is 16.9. The third-order valence-corrected chi connectivity index (χ3v) is 5.05. The van der Waals surface area contributed by atoms with Crippen LogP contribution in [0, 0.1) is 0 Å². The molecular formula is C21H24N4O. The van der Waals surface area contributed by atoms with Crippen molar-refractivity contribution < 1.29 is 4.52 Å². The van der Waals surface area contributed by atoms with Crippen LogP contribution in [0.2, 0.25) is 0 Å². The average Bonchev–Trinajstić information content (AvgIpc) is 3.17. The number of pyridine rings is 1. The van der Waals surface area contributed by atoms with Crippen LogP contribution in [0.5, 0.6) is 0 Å². The number of fused-ring (bicyclic) bond motifs is 1. The number of aryl methyl sites for hydroxylation is 1. The standard InChI is InChI=1S/C21H24N4O/c1-2-13-25(18-11-10-16-7-3-4-8-17(16)14-18)15-20-23-21(24-26-20)19-9-5-6-12-22-19/h3-9,12,18H,2,10-11,13-15H2,1H3. The van der Waals surface area contributed by atoms with Gasteiger partial charge in [0.15, 0.2) is 0 Å². The average molecular weight is 348 g/mol. The van der Waals surface area contributed by atoms with Crippen LogP contribution in [-0.4, -0.2) is 32.6 Å². The predicted octanol–water partition coefficient (Wildman–Crippen LogP) is 3.90. The zero-order valence-electron chi connectivity index (χ0n) is 15.1. The maximum atomic E-state index is 5.51. The maximum absolute atomic E-state index is 5.51. The van der Waals surface area contributed by atoms with E-state index in [9.17, 15) is 0 Å². The van der Waals surface area contributed by atoms with E-state index in [0.717, 1.165) is 31.5 Å². The summed E-state index contributed by atoms with van der Waals surface area (Å²) in [6.45, 7) is 3.95. The minimum atomic E-state index is 0.523. The first-order valence-electron chi connectivity index (χ1n) is 9.38. The molecule has 134 valence electrons. The van der Waals surface area contributed by atoms with Crippen LogP contribution in [0.25, 0.3) is 11.5 Å². The molecule has 2 heterocycles. The second kappa shape index (κ2) is 7.79. The lowest BCUT2D eigenvalue weighted by Crippen LogP contribution is -2.39. The first-order chi connectivity index (χ1) is 12.8. The Balaban J connectivity index is 1.49. The molecule has 0 fully saturated rings. The Morgan fingerprint density at radius 1 is 1.12 bits per heavy atom. The van der Waals surface area contributed by atoms with Crippen LogP contribution in [0.15, 0.2) is 53.2 Å². The van der Waals surface area contributed by atoms with Crippen LogP contribution in [0.1, 0.15) is 36.8 Å². The lowest BCUT2D eigenvalue weighted by molar-refractivity contribution is 0.151. The Kier molecular flexibility index (Phi) is 5.07. The molecule has 26 heavy (non-hydrogen) atoms. The fraction of sp³-hybridized carbons (Fsp3) is 0.381. The number of hydrogen-bond donors (Lipinski definition) is 0. The van der Waals surface area contributed by atoms with Crippen molar-refractivity contribution >= 4 is 0 Å². The van der Waals surface area contributed by atoms with Crippen molar-refractivity contribution in [3.05, 3.63) is 65.7 Å². The number of nitrogens with zero attached hydrogens (tertiary/aromatic N) is 4. The van der Waals surface area contributed by atoms with Crippen LogP contribution in [0.4, 0.5) is 0 Å². The van der Waals surface area contributed by atoms with Crippen LogP contribution < -0.4 is 0 Å². The zero-order chi connectivity index (χ0) is 17.8. The van der Waals surface area contributed by atoms with Gasteiger partial charge >= 0.3 is 0 Å². The predicted molar refractivity (Wildman–Crippen MR) is 100 cm³/mol. The van der Waals surface area contributed by atoms with E-state index in [2.05, 4.69) is 51.2 Å². The Morgan fingerprint density at radius 2 is 1.96 bits per heavy atom. The summed E-state index contributed by atoms with van der Waals surface area (Å²) < 4.78 is 5.51. The first-order valence-corrected chi connectivity index (χ1v) is 9.38. The van der Waals surface area contributed by atoms with Gasteiger partial charge in [0.25, 0.3) is 0 Å². The summed E-state index contributed by atoms with van der Waals surface area (Å²) in [6.07, 6.45) is 6.27. The van der Waals surface area contributed by atoms with Crippen molar-refractivity contribution in [1.82, 2.24) is 20.0 Å². The SMILES string of the molecule is CCCN(Cc1nc(-c2ccccn2)no1)C1CCc2ccccc2C1. The molecule has 0 radical (unpaired) electrons. The maximum Gasteiger partial charge on any atom is 0.241 e. The number of hydrogen-bond acceptors (Lipinski definition) is 5. The largest absolute Gasteiger partial charge is 0.337 e. The molecule has 0 bridgehead atoms. The lowest BCUT2D eigenvalue weighted by Gasteiger charge is -2.34. The highest BCUT2D eigenvalue weighted by atomic mass is 16.5. The van der Waals surface area contributed by atoms with Crippen molar-refractivity contribution in [2.75, 3.05) is 6.54 Å². The highest BCUT2D eigenvalue weighted by molar-refractivity contribution is 5.47. The number of benzene rings is 1. The second-order valence-electron chi connectivity index (χ2n) is 6.86. The minimum Gasteiger partial charge on any atom is -0.337 e. The number of rotatable bonds is 6. The van der Waals surface area contributed by atoms with E-state index < -0.39 is 0 Å². The molecule has 1 aliphatic carbocycles. The Labute approximate surface area is 154 Å². The minimum absolute atomic E-state index is 0.523. The van der Waals surface area contributed by atoms with E-state index in [0.29, 0.717) is 24.3 Å². The van der Waals surface area contributed by atoms with Gasteiger partial charge in [-0.1, -0.05) is 42.4 Å². The van der Waals surface area contributed by atoms with Gasteiger partial charge in [-0.3, -0.25) is 9.88 Å². The molecule has 1 unspecified atom stereocenters. The van der Waals surface area contributed by atoms with Gasteiger partial charge in [-0.2, -0.15) is 4.98 Å². The second-order valence-corrected chi connectivity index (χ2v) is 6.86. The molecule has 0 saturated carbocycles. The highest BCUT2D eigenvalue weighted by Crippen LogP contribution is 2.26. The monoisotopic (exact) mass is 348 g/mol. The third kappa shape index (κ3) is 3.68. The van der Waals surface area contributed by atoms with Gasteiger partial charge in [-0.25, -0.2) is 0 Å². The molecule has 0 saturated heterocycles. The van der Waals surface area contributed by atoms with Crippen LogP contribution in [0.3, 0.4) is 0 Å². The fourth-order valence-corrected chi connectivity index (χ4v) is 3.76. The molecule has 1 atom stereocenters. The van der Waals surface area contributed by atoms with Crippen molar-refractivity contribution in [3.63, 3.8) is 0 Å². The van der Waals surface area contributed by atoms with Crippen molar-refractivity contribution in [2.24, 2.45) is 0 Å². The van der Waals surface area contributed by atoms with E-state index in [1.165, 1.54) is 17.5 Å². The van der Waals surface area contributed by atoms with Crippen molar-refractivity contribution in [2.45, 2.75) is 45.2 Å². The van der Waals surface area contributed by atoms with Crippen LogP contribution in [-0.2, 0) is 19.4 Å². The summed E-state index contributed by atoms with van der Waals surface area (Å²) in [4.78, 5) is 11.3. The summed E-state index contributed by atoms with van der Waals surface area (Å²) in [6, 6.07) is 15.0. The molecule has 4 rings (SSSR count). The highest BCUT2D eigenvalue weighted by Gasteiger charge is 2.25. The Hall–Kier alpha value is -2.53. The lowest BCUT2D eigenvalue weighted by atomic mass is 9.87. The summed E-state index contributed by atoms with van der Waals surface area (Å²) in [5.74, 6) is 1.23. The molecule has 1 aliphatic rings. The van der Waals surface area contributed by atoms with E-state index in [1.807, 2.05) is 18.2 Å². The zero-order valence-corrected chi connectivity index (χ0v) is 15.1. The fourth-order valence-electron chi connectivity index (χ4n) is 3.76. The van der Waals surface area contributed by atoms with Gasteiger partial charge in [0.05, 0.1) is 6.54 Å². The molecule has 3 aromatic rings.